The number of amides is 1. The van der Waals surface area contributed by atoms with Crippen LogP contribution in [0.4, 0.5) is 17.2 Å². The molecule has 1 aromatic heterocycles. The van der Waals surface area contributed by atoms with E-state index in [0.717, 1.165) is 17.1 Å². The molecule has 0 spiro atoms. The lowest BCUT2D eigenvalue weighted by Gasteiger charge is -2.10. The molecule has 2 aromatic carbocycles. The maximum Gasteiger partial charge on any atom is 0.255 e. The van der Waals surface area contributed by atoms with Gasteiger partial charge in [0, 0.05) is 11.3 Å². The number of aromatic nitrogens is 1. The largest absolute Gasteiger partial charge is 0.340 e. The molecule has 0 saturated heterocycles. The molecule has 0 fully saturated rings. The molecule has 0 bridgehead atoms. The first-order valence-electron chi connectivity index (χ1n) is 8.72. The molecule has 1 heterocycles. The normalized spacial score (nSPS) is 10.6. The first-order chi connectivity index (χ1) is 12.5. The highest BCUT2D eigenvalue weighted by molar-refractivity contribution is 6.04. The van der Waals surface area contributed by atoms with Crippen molar-refractivity contribution >= 4 is 23.1 Å². The molecule has 0 aliphatic carbocycles. The molecular weight excluding hydrogens is 322 g/mol. The summed E-state index contributed by atoms with van der Waals surface area (Å²) in [6.45, 7) is 6.31. The summed E-state index contributed by atoms with van der Waals surface area (Å²) >= 11 is 0. The quantitative estimate of drug-likeness (QED) is 0.641. The second-order valence-corrected chi connectivity index (χ2v) is 6.66. The van der Waals surface area contributed by atoms with Crippen LogP contribution >= 0.6 is 0 Å². The molecule has 0 aliphatic rings. The Kier molecular flexibility index (Phi) is 5.32. The van der Waals surface area contributed by atoms with Crippen LogP contribution in [0, 0.1) is 6.92 Å². The third-order valence-corrected chi connectivity index (χ3v) is 4.15. The van der Waals surface area contributed by atoms with Gasteiger partial charge in [-0.25, -0.2) is 4.98 Å². The van der Waals surface area contributed by atoms with Gasteiger partial charge in [0.15, 0.2) is 0 Å². The van der Waals surface area contributed by atoms with Gasteiger partial charge in [0.05, 0.1) is 11.9 Å². The number of aryl methyl sites for hydroxylation is 1. The summed E-state index contributed by atoms with van der Waals surface area (Å²) in [4.78, 5) is 16.6. The van der Waals surface area contributed by atoms with E-state index in [1.165, 1.54) is 5.56 Å². The average molecular weight is 345 g/mol. The molecule has 3 rings (SSSR count). The van der Waals surface area contributed by atoms with Gasteiger partial charge in [-0.05, 0) is 54.8 Å². The molecule has 132 valence electrons. The van der Waals surface area contributed by atoms with E-state index in [9.17, 15) is 4.79 Å². The number of hydrogen-bond acceptors (Lipinski definition) is 3. The average Bonchev–Trinajstić information content (AvgIpc) is 2.64. The van der Waals surface area contributed by atoms with Crippen molar-refractivity contribution in [3.05, 3.63) is 83.6 Å². The Morgan fingerprint density at radius 3 is 2.31 bits per heavy atom. The van der Waals surface area contributed by atoms with E-state index in [4.69, 9.17) is 0 Å². The standard InChI is InChI=1S/C22H23N3O/c1-15(2)17-7-9-19(10-8-17)24-21-12-11-20(14-23-21)25-22(26)18-6-4-5-16(3)13-18/h4-15H,1-3H3,(H,23,24)(H,25,26). The highest BCUT2D eigenvalue weighted by atomic mass is 16.1. The molecule has 0 atom stereocenters. The van der Waals surface area contributed by atoms with E-state index in [2.05, 4.69) is 41.6 Å². The molecule has 0 unspecified atom stereocenters. The smallest absolute Gasteiger partial charge is 0.255 e. The Hall–Kier alpha value is -3.14. The van der Waals surface area contributed by atoms with Gasteiger partial charge in [-0.3, -0.25) is 4.79 Å². The number of nitrogens with zero attached hydrogens (tertiary/aromatic N) is 1. The van der Waals surface area contributed by atoms with Gasteiger partial charge in [-0.2, -0.15) is 0 Å². The molecule has 4 heteroatoms. The lowest BCUT2D eigenvalue weighted by Crippen LogP contribution is -2.12. The third-order valence-electron chi connectivity index (χ3n) is 4.15. The SMILES string of the molecule is Cc1cccc(C(=O)Nc2ccc(Nc3ccc(C(C)C)cc3)nc2)c1. The molecule has 0 radical (unpaired) electrons. The maximum atomic E-state index is 12.3. The van der Waals surface area contributed by atoms with Crippen molar-refractivity contribution in [2.45, 2.75) is 26.7 Å². The second kappa shape index (κ2) is 7.83. The highest BCUT2D eigenvalue weighted by Gasteiger charge is 2.06. The fourth-order valence-corrected chi connectivity index (χ4v) is 2.63. The minimum atomic E-state index is -0.138. The molecule has 4 nitrogen and oxygen atoms in total. The lowest BCUT2D eigenvalue weighted by molar-refractivity contribution is 0.102. The van der Waals surface area contributed by atoms with E-state index in [-0.39, 0.29) is 5.91 Å². The highest BCUT2D eigenvalue weighted by Crippen LogP contribution is 2.20. The predicted molar refractivity (Wildman–Crippen MR) is 107 cm³/mol. The summed E-state index contributed by atoms with van der Waals surface area (Å²) in [5.74, 6) is 1.11. The minimum Gasteiger partial charge on any atom is -0.340 e. The zero-order valence-electron chi connectivity index (χ0n) is 15.3. The topological polar surface area (TPSA) is 54.0 Å². The summed E-state index contributed by atoms with van der Waals surface area (Å²) in [6, 6.07) is 19.5. The third kappa shape index (κ3) is 4.48. The van der Waals surface area contributed by atoms with Gasteiger partial charge in [0.1, 0.15) is 5.82 Å². The molecule has 26 heavy (non-hydrogen) atoms. The van der Waals surface area contributed by atoms with Gasteiger partial charge in [-0.15, -0.1) is 0 Å². The van der Waals surface area contributed by atoms with E-state index in [1.807, 2.05) is 49.4 Å². The number of carbonyl (C=O) groups is 1. The number of pyridine rings is 1. The lowest BCUT2D eigenvalue weighted by atomic mass is 10.0. The van der Waals surface area contributed by atoms with Crippen molar-refractivity contribution < 1.29 is 4.79 Å². The number of anilines is 3. The van der Waals surface area contributed by atoms with Crippen molar-refractivity contribution in [2.24, 2.45) is 0 Å². The van der Waals surface area contributed by atoms with Crippen molar-refractivity contribution in [2.75, 3.05) is 10.6 Å². The van der Waals surface area contributed by atoms with Crippen LogP contribution in [0.15, 0.2) is 66.9 Å². The van der Waals surface area contributed by atoms with E-state index in [1.54, 1.807) is 12.3 Å². The first-order valence-corrected chi connectivity index (χ1v) is 8.72. The predicted octanol–water partition coefficient (Wildman–Crippen LogP) is 5.51. The molecule has 1 amide bonds. The molecule has 0 saturated carbocycles. The number of hydrogen-bond donors (Lipinski definition) is 2. The molecule has 3 aromatic rings. The van der Waals surface area contributed by atoms with Gasteiger partial charge < -0.3 is 10.6 Å². The maximum absolute atomic E-state index is 12.3. The van der Waals surface area contributed by atoms with Gasteiger partial charge in [0.2, 0.25) is 0 Å². The Morgan fingerprint density at radius 1 is 0.962 bits per heavy atom. The summed E-state index contributed by atoms with van der Waals surface area (Å²) in [7, 11) is 0. The van der Waals surface area contributed by atoms with Crippen LogP contribution in [-0.2, 0) is 0 Å². The number of rotatable bonds is 5. The van der Waals surface area contributed by atoms with Crippen LogP contribution in [0.5, 0.6) is 0 Å². The molecule has 0 aliphatic heterocycles. The number of benzene rings is 2. The zero-order chi connectivity index (χ0) is 18.5. The van der Waals surface area contributed by atoms with Crippen LogP contribution in [0.2, 0.25) is 0 Å². The van der Waals surface area contributed by atoms with E-state index < -0.39 is 0 Å². The fourth-order valence-electron chi connectivity index (χ4n) is 2.63. The summed E-state index contributed by atoms with van der Waals surface area (Å²) < 4.78 is 0. The van der Waals surface area contributed by atoms with Crippen molar-refractivity contribution in [1.82, 2.24) is 4.98 Å². The van der Waals surface area contributed by atoms with Crippen LogP contribution in [0.3, 0.4) is 0 Å². The minimum absolute atomic E-state index is 0.138. The summed E-state index contributed by atoms with van der Waals surface area (Å²) in [5.41, 5.74) is 4.64. The molecule has 2 N–H and O–H groups in total. The monoisotopic (exact) mass is 345 g/mol. The van der Waals surface area contributed by atoms with Crippen molar-refractivity contribution in [3.63, 3.8) is 0 Å². The Morgan fingerprint density at radius 2 is 1.69 bits per heavy atom. The molecular formula is C22H23N3O. The number of nitrogens with one attached hydrogen (secondary N) is 2. The Labute approximate surface area is 154 Å². The van der Waals surface area contributed by atoms with Gasteiger partial charge in [-0.1, -0.05) is 43.7 Å². The number of carbonyl (C=O) groups excluding carboxylic acids is 1. The summed E-state index contributed by atoms with van der Waals surface area (Å²) in [6.07, 6.45) is 1.65. The van der Waals surface area contributed by atoms with Gasteiger partial charge >= 0.3 is 0 Å². The summed E-state index contributed by atoms with van der Waals surface area (Å²) in [5, 5.41) is 6.13. The van der Waals surface area contributed by atoms with E-state index in [0.29, 0.717) is 17.2 Å². The van der Waals surface area contributed by atoms with Crippen LogP contribution in [0.1, 0.15) is 41.3 Å². The van der Waals surface area contributed by atoms with Crippen molar-refractivity contribution in [1.29, 1.82) is 0 Å². The van der Waals surface area contributed by atoms with Crippen LogP contribution in [0.25, 0.3) is 0 Å². The fraction of sp³-hybridized carbons (Fsp3) is 0.182. The Bertz CT molecular complexity index is 884. The van der Waals surface area contributed by atoms with Crippen LogP contribution < -0.4 is 10.6 Å². The zero-order valence-corrected chi connectivity index (χ0v) is 15.3. The van der Waals surface area contributed by atoms with Crippen molar-refractivity contribution in [3.8, 4) is 0 Å². The first kappa shape index (κ1) is 17.7. The van der Waals surface area contributed by atoms with Gasteiger partial charge in [0.25, 0.3) is 5.91 Å². The Balaban J connectivity index is 1.64. The van der Waals surface area contributed by atoms with E-state index >= 15 is 0 Å². The second-order valence-electron chi connectivity index (χ2n) is 6.66. The van der Waals surface area contributed by atoms with Crippen LogP contribution in [-0.4, -0.2) is 10.9 Å².